The first-order valence-electron chi connectivity index (χ1n) is 6.82. The second-order valence-corrected chi connectivity index (χ2v) is 4.73. The molecule has 2 heterocycles. The molecule has 0 bridgehead atoms. The first kappa shape index (κ1) is 25.9. The van der Waals surface area contributed by atoms with Gasteiger partial charge in [-0.25, -0.2) is 19.5 Å². The van der Waals surface area contributed by atoms with Crippen LogP contribution in [0.3, 0.4) is 0 Å². The van der Waals surface area contributed by atoms with Crippen LogP contribution in [0.1, 0.15) is 37.7 Å². The van der Waals surface area contributed by atoms with Crippen molar-refractivity contribution in [3.8, 4) is 0 Å². The summed E-state index contributed by atoms with van der Waals surface area (Å²) in [5.74, 6) is 0.487. The van der Waals surface area contributed by atoms with E-state index in [4.69, 9.17) is 11.5 Å². The number of allylic oxidation sites excluding steroid dienone is 3. The molecule has 2 radical (unpaired) electrons. The molecular weight excluding hydrogens is 454 g/mol. The van der Waals surface area contributed by atoms with Crippen LogP contribution in [0.15, 0.2) is 0 Å². The maximum atomic E-state index is 5.55. The van der Waals surface area contributed by atoms with Crippen molar-refractivity contribution in [2.45, 2.75) is 41.5 Å². The Balaban J connectivity index is 0. The van der Waals surface area contributed by atoms with Gasteiger partial charge in [-0.3, -0.25) is 10.2 Å². The normalized spacial score (nSPS) is 11.1. The van der Waals surface area contributed by atoms with Crippen LogP contribution in [0, 0.1) is 45.3 Å². The number of anilines is 1. The fraction of sp³-hybridized carbons (Fsp3) is 0.375. The van der Waals surface area contributed by atoms with E-state index in [2.05, 4.69) is 34.7 Å². The molecule has 0 aliphatic heterocycles. The maximum absolute atomic E-state index is 5.55. The number of aromatic nitrogens is 4. The fourth-order valence-corrected chi connectivity index (χ4v) is 1.40. The summed E-state index contributed by atoms with van der Waals surface area (Å²) in [4.78, 5) is 0. The van der Waals surface area contributed by atoms with Crippen molar-refractivity contribution >= 4 is 17.2 Å². The molecule has 0 saturated heterocycles. The molecule has 0 aromatic carbocycles. The minimum absolute atomic E-state index is 0. The third-order valence-corrected chi connectivity index (χ3v) is 3.10. The third kappa shape index (κ3) is 7.30. The van der Waals surface area contributed by atoms with Crippen molar-refractivity contribution in [3.05, 3.63) is 41.5 Å². The molecule has 0 unspecified atom stereocenters. The Morgan fingerprint density at radius 3 is 1.83 bits per heavy atom. The Bertz CT molecular complexity index is 598. The quantitative estimate of drug-likeness (QED) is 0.651. The number of aryl methyl sites for hydroxylation is 3. The molecule has 126 valence electrons. The van der Waals surface area contributed by atoms with Gasteiger partial charge in [0.15, 0.2) is 0 Å². The standard InChI is InChI=1S/2C8H11N3.2Y/c1-4-8(9)11-5-6(2)7(3)10-11;1-4-6(2)11-5-8(9)7(3)10-11;;/h2*9H2,1-3H3;;/q2*-2;;. The summed E-state index contributed by atoms with van der Waals surface area (Å²) in [7, 11) is 0. The summed E-state index contributed by atoms with van der Waals surface area (Å²) in [6.07, 6.45) is 11.6. The van der Waals surface area contributed by atoms with Crippen molar-refractivity contribution in [1.29, 1.82) is 0 Å². The first-order chi connectivity index (χ1) is 10.3. The first-order valence-corrected chi connectivity index (χ1v) is 6.82. The van der Waals surface area contributed by atoms with Crippen LogP contribution < -0.4 is 11.5 Å². The van der Waals surface area contributed by atoms with Gasteiger partial charge in [0, 0.05) is 65.4 Å². The van der Waals surface area contributed by atoms with E-state index < -0.39 is 0 Å². The molecule has 0 amide bonds. The zero-order valence-electron chi connectivity index (χ0n) is 15.1. The monoisotopic (exact) mass is 476 g/mol. The molecule has 2 aromatic heterocycles. The number of nitrogens with zero attached hydrogens (tertiary/aromatic N) is 4. The Morgan fingerprint density at radius 1 is 0.958 bits per heavy atom. The second-order valence-electron chi connectivity index (χ2n) is 4.73. The van der Waals surface area contributed by atoms with E-state index in [0.29, 0.717) is 11.5 Å². The fourth-order valence-electron chi connectivity index (χ4n) is 1.40. The van der Waals surface area contributed by atoms with Crippen LogP contribution in [0.2, 0.25) is 0 Å². The molecule has 24 heavy (non-hydrogen) atoms. The van der Waals surface area contributed by atoms with E-state index >= 15 is 0 Å². The van der Waals surface area contributed by atoms with Crippen molar-refractivity contribution in [2.75, 3.05) is 5.73 Å². The number of hydrogen-bond acceptors (Lipinski definition) is 4. The minimum Gasteiger partial charge on any atom is -0.549 e. The molecule has 6 nitrogen and oxygen atoms in total. The van der Waals surface area contributed by atoms with Crippen LogP contribution in [0.25, 0.3) is 11.5 Å². The molecule has 2 aromatic rings. The molecule has 0 aliphatic carbocycles. The molecule has 0 aliphatic rings. The summed E-state index contributed by atoms with van der Waals surface area (Å²) < 4.78 is 3.11. The van der Waals surface area contributed by atoms with Crippen LogP contribution in [-0.4, -0.2) is 19.6 Å². The van der Waals surface area contributed by atoms with Gasteiger partial charge >= 0.3 is 0 Å². The molecule has 4 N–H and O–H groups in total. The number of hydrogen-bond donors (Lipinski definition) is 2. The Hall–Kier alpha value is -0.292. The van der Waals surface area contributed by atoms with Crippen LogP contribution >= 0.6 is 0 Å². The molecule has 0 spiro atoms. The van der Waals surface area contributed by atoms with Crippen molar-refractivity contribution in [2.24, 2.45) is 5.73 Å². The van der Waals surface area contributed by atoms with Gasteiger partial charge in [-0.1, -0.05) is 33.2 Å². The molecule has 2 rings (SSSR count). The minimum atomic E-state index is 0. The Labute approximate surface area is 194 Å². The zero-order chi connectivity index (χ0) is 16.9. The summed E-state index contributed by atoms with van der Waals surface area (Å²) in [5, 5.41) is 8.24. The van der Waals surface area contributed by atoms with Gasteiger partial charge in [-0.2, -0.15) is 5.82 Å². The molecule has 8 heteroatoms. The Kier molecular flexibility index (Phi) is 13.1. The average molecular weight is 476 g/mol. The van der Waals surface area contributed by atoms with E-state index in [1.165, 1.54) is 4.68 Å². The van der Waals surface area contributed by atoms with Gasteiger partial charge in [0.25, 0.3) is 0 Å². The number of rotatable bonds is 2. The Morgan fingerprint density at radius 2 is 1.50 bits per heavy atom. The maximum Gasteiger partial charge on any atom is 0 e. The third-order valence-electron chi connectivity index (χ3n) is 3.10. The molecule has 0 saturated carbocycles. The predicted molar refractivity (Wildman–Crippen MR) is 87.9 cm³/mol. The van der Waals surface area contributed by atoms with Gasteiger partial charge in [0.2, 0.25) is 0 Å². The summed E-state index contributed by atoms with van der Waals surface area (Å²) in [6.45, 7) is 11.2. The van der Waals surface area contributed by atoms with Gasteiger partial charge < -0.3 is 33.0 Å². The van der Waals surface area contributed by atoms with Gasteiger partial charge in [0.1, 0.15) is 0 Å². The van der Waals surface area contributed by atoms with Crippen molar-refractivity contribution < 1.29 is 65.4 Å². The molecule has 0 fully saturated rings. The second kappa shape index (κ2) is 12.1. The van der Waals surface area contributed by atoms with Crippen LogP contribution in [-0.2, 0) is 65.4 Å². The summed E-state index contributed by atoms with van der Waals surface area (Å²) in [5.41, 5.74) is 15.4. The van der Waals surface area contributed by atoms with E-state index in [-0.39, 0.29) is 65.4 Å². The zero-order valence-corrected chi connectivity index (χ0v) is 20.8. The van der Waals surface area contributed by atoms with Crippen molar-refractivity contribution in [3.63, 3.8) is 0 Å². The SMILES string of the molecule is C[C-]=C(C)n1[c-]c(N)c(C)n1.C[C-]=C(N)n1[c-]c(C)c(C)n1.[Y].[Y]. The topological polar surface area (TPSA) is 87.7 Å². The van der Waals surface area contributed by atoms with E-state index in [1.807, 2.05) is 34.6 Å². The summed E-state index contributed by atoms with van der Waals surface area (Å²) in [6, 6.07) is 0. The van der Waals surface area contributed by atoms with E-state index in [9.17, 15) is 0 Å². The van der Waals surface area contributed by atoms with Gasteiger partial charge in [0.05, 0.1) is 0 Å². The van der Waals surface area contributed by atoms with Crippen LogP contribution in [0.4, 0.5) is 5.69 Å². The number of nitrogens with two attached hydrogens (primary N) is 2. The predicted octanol–water partition coefficient (Wildman–Crippen LogP) is 2.13. The van der Waals surface area contributed by atoms with E-state index in [0.717, 1.165) is 22.6 Å². The summed E-state index contributed by atoms with van der Waals surface area (Å²) >= 11 is 0. The number of nitrogen functional groups attached to an aromatic ring is 1. The van der Waals surface area contributed by atoms with Gasteiger partial charge in [-0.05, 0) is 17.1 Å². The largest absolute Gasteiger partial charge is 0.549 e. The van der Waals surface area contributed by atoms with Crippen molar-refractivity contribution in [1.82, 2.24) is 19.6 Å². The molecular formula is C16H22N6Y2-4. The van der Waals surface area contributed by atoms with Gasteiger partial charge in [-0.15, -0.1) is 12.5 Å². The van der Waals surface area contributed by atoms with Crippen LogP contribution in [0.5, 0.6) is 0 Å². The van der Waals surface area contributed by atoms with E-state index in [1.54, 1.807) is 11.6 Å². The smallest absolute Gasteiger partial charge is 0 e. The average Bonchev–Trinajstić information content (AvgIpc) is 3.01. The molecule has 0 atom stereocenters.